The van der Waals surface area contributed by atoms with Crippen LogP contribution in [0, 0.1) is 11.8 Å². The molecule has 0 aromatic carbocycles. The van der Waals surface area contributed by atoms with Crippen LogP contribution in [-0.2, 0) is 4.79 Å². The molecule has 1 fully saturated rings. The summed E-state index contributed by atoms with van der Waals surface area (Å²) in [6.45, 7) is 0.810. The molecule has 58 valence electrons. The highest BCUT2D eigenvalue weighted by Gasteiger charge is 2.25. The second-order valence-corrected chi connectivity index (χ2v) is 3.11. The van der Waals surface area contributed by atoms with E-state index in [1.54, 1.807) is 0 Å². The lowest BCUT2D eigenvalue weighted by Crippen LogP contribution is -2.39. The molecule has 2 heteroatoms. The van der Waals surface area contributed by atoms with E-state index in [4.69, 9.17) is 0 Å². The van der Waals surface area contributed by atoms with Gasteiger partial charge in [-0.1, -0.05) is 24.3 Å². The Hall–Kier alpha value is -1.05. The smallest absolute Gasteiger partial charge is 0.220 e. The molecule has 0 saturated carbocycles. The summed E-state index contributed by atoms with van der Waals surface area (Å²) in [7, 11) is 0. The van der Waals surface area contributed by atoms with E-state index in [2.05, 4.69) is 23.5 Å². The van der Waals surface area contributed by atoms with E-state index in [1.807, 2.05) is 6.08 Å². The largest absolute Gasteiger partial charge is 0.355 e. The number of carbonyl (C=O) groups excluding carboxylic acids is 1. The second kappa shape index (κ2) is 2.53. The van der Waals surface area contributed by atoms with E-state index in [-0.39, 0.29) is 5.91 Å². The molecule has 1 aliphatic carbocycles. The zero-order valence-electron chi connectivity index (χ0n) is 6.29. The van der Waals surface area contributed by atoms with Crippen molar-refractivity contribution in [3.05, 3.63) is 24.3 Å². The van der Waals surface area contributed by atoms with Gasteiger partial charge in [0.05, 0.1) is 0 Å². The molecule has 11 heavy (non-hydrogen) atoms. The predicted molar refractivity (Wildman–Crippen MR) is 42.9 cm³/mol. The molecule has 0 spiro atoms. The molecule has 0 radical (unpaired) electrons. The van der Waals surface area contributed by atoms with E-state index >= 15 is 0 Å². The Morgan fingerprint density at radius 3 is 2.82 bits per heavy atom. The molecule has 1 amide bonds. The number of piperidine rings is 1. The number of rotatable bonds is 0. The Morgan fingerprint density at radius 1 is 1.27 bits per heavy atom. The maximum absolute atomic E-state index is 10.9. The molecular formula is C9H11NO. The summed E-state index contributed by atoms with van der Waals surface area (Å²) in [6.07, 6.45) is 9.04. The Morgan fingerprint density at radius 2 is 2.00 bits per heavy atom. The quantitative estimate of drug-likeness (QED) is 0.544. The van der Waals surface area contributed by atoms with Gasteiger partial charge in [0.1, 0.15) is 0 Å². The van der Waals surface area contributed by atoms with Gasteiger partial charge in [0.2, 0.25) is 5.91 Å². The van der Waals surface area contributed by atoms with Crippen LogP contribution in [0.1, 0.15) is 6.42 Å². The average molecular weight is 149 g/mol. The van der Waals surface area contributed by atoms with Crippen molar-refractivity contribution in [2.24, 2.45) is 11.8 Å². The number of hydrogen-bond donors (Lipinski definition) is 1. The Labute approximate surface area is 66.0 Å². The van der Waals surface area contributed by atoms with Crippen molar-refractivity contribution < 1.29 is 4.79 Å². The van der Waals surface area contributed by atoms with Crippen LogP contribution < -0.4 is 5.32 Å². The van der Waals surface area contributed by atoms with Crippen LogP contribution in [0.15, 0.2) is 24.3 Å². The summed E-state index contributed by atoms with van der Waals surface area (Å²) in [5.74, 6) is 1.18. The third-order valence-corrected chi connectivity index (χ3v) is 2.33. The van der Waals surface area contributed by atoms with Crippen LogP contribution in [-0.4, -0.2) is 12.5 Å². The average Bonchev–Trinajstić information content (AvgIpc) is 2.04. The molecule has 1 N–H and O–H groups in total. The van der Waals surface area contributed by atoms with Gasteiger partial charge < -0.3 is 5.32 Å². The van der Waals surface area contributed by atoms with E-state index in [0.717, 1.165) is 6.54 Å². The molecule has 0 bridgehead atoms. The molecule has 2 rings (SSSR count). The van der Waals surface area contributed by atoms with Crippen LogP contribution in [0.25, 0.3) is 0 Å². The Balaban J connectivity index is 2.12. The first-order valence-corrected chi connectivity index (χ1v) is 3.98. The maximum atomic E-state index is 10.9. The van der Waals surface area contributed by atoms with Crippen molar-refractivity contribution in [2.45, 2.75) is 6.42 Å². The van der Waals surface area contributed by atoms with E-state index in [1.165, 1.54) is 0 Å². The van der Waals surface area contributed by atoms with Crippen molar-refractivity contribution in [3.63, 3.8) is 0 Å². The summed E-state index contributed by atoms with van der Waals surface area (Å²) in [4.78, 5) is 10.9. The number of fused-ring (bicyclic) bond motifs is 1. The minimum absolute atomic E-state index is 0.186. The fourth-order valence-electron chi connectivity index (χ4n) is 1.66. The van der Waals surface area contributed by atoms with Gasteiger partial charge in [-0.2, -0.15) is 0 Å². The SMILES string of the molecule is O=C1CC2C=CC=CC2CN1. The monoisotopic (exact) mass is 149 g/mol. The van der Waals surface area contributed by atoms with E-state index < -0.39 is 0 Å². The molecule has 1 aliphatic heterocycles. The molecule has 0 aromatic heterocycles. The van der Waals surface area contributed by atoms with Crippen LogP contribution in [0.5, 0.6) is 0 Å². The zero-order valence-corrected chi connectivity index (χ0v) is 6.29. The lowest BCUT2D eigenvalue weighted by Gasteiger charge is -2.28. The van der Waals surface area contributed by atoms with Crippen molar-refractivity contribution in [3.8, 4) is 0 Å². The molecule has 1 saturated heterocycles. The lowest BCUT2D eigenvalue weighted by molar-refractivity contribution is -0.123. The van der Waals surface area contributed by atoms with Crippen molar-refractivity contribution >= 4 is 5.91 Å². The first-order chi connectivity index (χ1) is 5.36. The molecule has 2 aliphatic rings. The third kappa shape index (κ3) is 1.20. The fraction of sp³-hybridized carbons (Fsp3) is 0.444. The summed E-state index contributed by atoms with van der Waals surface area (Å²) in [5, 5.41) is 2.86. The summed E-state index contributed by atoms with van der Waals surface area (Å²) >= 11 is 0. The van der Waals surface area contributed by atoms with Gasteiger partial charge in [-0.05, 0) is 5.92 Å². The molecule has 0 aromatic rings. The lowest BCUT2D eigenvalue weighted by atomic mass is 9.83. The third-order valence-electron chi connectivity index (χ3n) is 2.33. The van der Waals surface area contributed by atoms with E-state index in [0.29, 0.717) is 18.3 Å². The number of amides is 1. The molecule has 2 atom stereocenters. The van der Waals surface area contributed by atoms with Crippen LogP contribution in [0.2, 0.25) is 0 Å². The van der Waals surface area contributed by atoms with Gasteiger partial charge in [0.25, 0.3) is 0 Å². The topological polar surface area (TPSA) is 29.1 Å². The van der Waals surface area contributed by atoms with Crippen LogP contribution in [0.3, 0.4) is 0 Å². The van der Waals surface area contributed by atoms with Crippen molar-refractivity contribution in [1.82, 2.24) is 5.32 Å². The first-order valence-electron chi connectivity index (χ1n) is 3.98. The number of nitrogens with one attached hydrogen (secondary N) is 1. The molecule has 1 heterocycles. The first kappa shape index (κ1) is 6.65. The highest BCUT2D eigenvalue weighted by Crippen LogP contribution is 2.24. The van der Waals surface area contributed by atoms with Gasteiger partial charge in [-0.15, -0.1) is 0 Å². The normalized spacial score (nSPS) is 34.7. The minimum Gasteiger partial charge on any atom is -0.355 e. The van der Waals surface area contributed by atoms with Crippen molar-refractivity contribution in [1.29, 1.82) is 0 Å². The van der Waals surface area contributed by atoms with Gasteiger partial charge in [-0.3, -0.25) is 4.79 Å². The van der Waals surface area contributed by atoms with Gasteiger partial charge in [0.15, 0.2) is 0 Å². The van der Waals surface area contributed by atoms with E-state index in [9.17, 15) is 4.79 Å². The van der Waals surface area contributed by atoms with Gasteiger partial charge >= 0.3 is 0 Å². The molecular weight excluding hydrogens is 138 g/mol. The maximum Gasteiger partial charge on any atom is 0.220 e. The number of carbonyl (C=O) groups is 1. The summed E-state index contributed by atoms with van der Waals surface area (Å²) in [6, 6.07) is 0. The predicted octanol–water partition coefficient (Wildman–Crippen LogP) is 0.865. The van der Waals surface area contributed by atoms with Gasteiger partial charge in [0, 0.05) is 18.9 Å². The Bertz CT molecular complexity index is 230. The van der Waals surface area contributed by atoms with Crippen LogP contribution >= 0.6 is 0 Å². The summed E-state index contributed by atoms with van der Waals surface area (Å²) < 4.78 is 0. The standard InChI is InChI=1S/C9H11NO/c11-9-5-7-3-1-2-4-8(7)6-10-9/h1-4,7-8H,5-6H2,(H,10,11). The Kier molecular flexibility index (Phi) is 1.53. The van der Waals surface area contributed by atoms with Gasteiger partial charge in [-0.25, -0.2) is 0 Å². The number of allylic oxidation sites excluding steroid dienone is 3. The highest BCUT2D eigenvalue weighted by molar-refractivity contribution is 5.77. The summed E-state index contributed by atoms with van der Waals surface area (Å²) in [5.41, 5.74) is 0. The van der Waals surface area contributed by atoms with Crippen LogP contribution in [0.4, 0.5) is 0 Å². The zero-order chi connectivity index (χ0) is 7.68. The minimum atomic E-state index is 0.186. The second-order valence-electron chi connectivity index (χ2n) is 3.11. The number of hydrogen-bond acceptors (Lipinski definition) is 1. The van der Waals surface area contributed by atoms with Crippen molar-refractivity contribution in [2.75, 3.05) is 6.54 Å². The molecule has 2 unspecified atom stereocenters. The fourth-order valence-corrected chi connectivity index (χ4v) is 1.66. The molecule has 2 nitrogen and oxygen atoms in total. The highest BCUT2D eigenvalue weighted by atomic mass is 16.1.